The predicted molar refractivity (Wildman–Crippen MR) is 286 cm³/mol. The molecule has 2 saturated heterocycles. The Morgan fingerprint density at radius 3 is 1.46 bits per heavy atom. The van der Waals surface area contributed by atoms with Crippen molar-refractivity contribution in [1.29, 1.82) is 0 Å². The number of carbonyl (C=O) groups is 1. The Morgan fingerprint density at radius 1 is 0.500 bits per heavy atom. The van der Waals surface area contributed by atoms with Gasteiger partial charge >= 0.3 is 0 Å². The molecule has 12 atom stereocenters. The number of aliphatic hydroxyl groups excluding tert-OH is 8. The molecule has 418 valence electrons. The van der Waals surface area contributed by atoms with E-state index in [0.717, 1.165) is 70.6 Å². The molecule has 2 aliphatic rings. The zero-order chi connectivity index (χ0) is 52.4. The van der Waals surface area contributed by atoms with Crippen molar-refractivity contribution >= 4 is 5.91 Å². The Balaban J connectivity index is 1.83. The molecule has 14 heteroatoms. The van der Waals surface area contributed by atoms with Crippen molar-refractivity contribution in [2.24, 2.45) is 0 Å². The van der Waals surface area contributed by atoms with E-state index in [1.807, 2.05) is 6.08 Å². The third-order valence-electron chi connectivity index (χ3n) is 13.7. The van der Waals surface area contributed by atoms with Crippen LogP contribution in [0.5, 0.6) is 0 Å². The molecule has 0 bridgehead atoms. The van der Waals surface area contributed by atoms with Gasteiger partial charge in [0.15, 0.2) is 12.6 Å². The van der Waals surface area contributed by atoms with E-state index in [2.05, 4.69) is 67.8 Å². The van der Waals surface area contributed by atoms with Crippen LogP contribution in [0.1, 0.15) is 206 Å². The van der Waals surface area contributed by atoms with E-state index in [-0.39, 0.29) is 18.9 Å². The van der Waals surface area contributed by atoms with Gasteiger partial charge in [-0.1, -0.05) is 184 Å². The molecule has 0 spiro atoms. The van der Waals surface area contributed by atoms with Crippen molar-refractivity contribution in [3.05, 3.63) is 60.8 Å². The molecule has 0 aliphatic carbocycles. The van der Waals surface area contributed by atoms with Gasteiger partial charge in [-0.25, -0.2) is 0 Å². The zero-order valence-electron chi connectivity index (χ0n) is 44.7. The molecule has 2 aliphatic heterocycles. The molecule has 9 N–H and O–H groups in total. The quantitative estimate of drug-likeness (QED) is 0.0205. The van der Waals surface area contributed by atoms with Crippen molar-refractivity contribution in [2.75, 3.05) is 19.8 Å². The Bertz CT molecular complexity index is 1440. The van der Waals surface area contributed by atoms with Crippen LogP contribution in [0.15, 0.2) is 60.8 Å². The van der Waals surface area contributed by atoms with Gasteiger partial charge in [-0.05, 0) is 77.0 Å². The lowest BCUT2D eigenvalue weighted by Crippen LogP contribution is -2.65. The molecule has 12 unspecified atom stereocenters. The summed E-state index contributed by atoms with van der Waals surface area (Å²) in [5.41, 5.74) is 0. The molecule has 2 heterocycles. The Hall–Kier alpha value is -2.31. The van der Waals surface area contributed by atoms with Crippen molar-refractivity contribution in [3.8, 4) is 0 Å². The lowest BCUT2D eigenvalue weighted by Gasteiger charge is -2.46. The standard InChI is InChI=1S/C58H103NO13/c1-3-5-7-9-11-13-15-17-19-21-22-23-24-25-26-27-29-31-33-35-37-39-41-47(62)46(59-50(63)42-40-38-36-34-32-30-28-20-18-16-14-12-10-8-6-4-2)45-69-57-55(68)53(66)56(49(44-61)71-57)72-58-54(67)52(65)51(64)48(43-60)70-58/h14,16,20,25-26,28,31,33,39,41,46-49,51-58,60-62,64-68H,3-13,15,17-19,21-24,27,29-30,32,34-38,40,42-45H2,1-2H3,(H,59,63)/b16-14-,26-25+,28-20-,33-31+,41-39+. The van der Waals surface area contributed by atoms with E-state index in [9.17, 15) is 45.6 Å². The molecule has 0 aromatic heterocycles. The summed E-state index contributed by atoms with van der Waals surface area (Å²) < 4.78 is 22.7. The molecule has 1 amide bonds. The van der Waals surface area contributed by atoms with Crippen LogP contribution in [0.3, 0.4) is 0 Å². The van der Waals surface area contributed by atoms with Gasteiger partial charge in [0.1, 0.15) is 48.8 Å². The first kappa shape index (κ1) is 65.8. The zero-order valence-corrected chi connectivity index (χ0v) is 44.7. The van der Waals surface area contributed by atoms with Crippen LogP contribution < -0.4 is 5.32 Å². The summed E-state index contributed by atoms with van der Waals surface area (Å²) in [4.78, 5) is 13.2. The van der Waals surface area contributed by atoms with Crippen molar-refractivity contribution in [2.45, 2.75) is 280 Å². The molecule has 2 rings (SSSR count). The van der Waals surface area contributed by atoms with Crippen molar-refractivity contribution in [3.63, 3.8) is 0 Å². The maximum absolute atomic E-state index is 13.2. The van der Waals surface area contributed by atoms with Crippen LogP contribution in [-0.2, 0) is 23.7 Å². The number of hydrogen-bond acceptors (Lipinski definition) is 13. The Kier molecular flexibility index (Phi) is 40.1. The highest BCUT2D eigenvalue weighted by molar-refractivity contribution is 5.76. The molecular weight excluding hydrogens is 919 g/mol. The third kappa shape index (κ3) is 29.7. The van der Waals surface area contributed by atoms with E-state index in [1.165, 1.54) is 103 Å². The maximum atomic E-state index is 13.2. The topological polar surface area (TPSA) is 228 Å². The number of allylic oxidation sites excluding steroid dienone is 9. The smallest absolute Gasteiger partial charge is 0.220 e. The second kappa shape index (κ2) is 43.9. The minimum atomic E-state index is -1.80. The fourth-order valence-electron chi connectivity index (χ4n) is 9.00. The second-order valence-electron chi connectivity index (χ2n) is 20.0. The number of unbranched alkanes of at least 4 members (excludes halogenated alkanes) is 23. The van der Waals surface area contributed by atoms with E-state index in [0.29, 0.717) is 12.8 Å². The van der Waals surface area contributed by atoms with Gasteiger partial charge in [-0.15, -0.1) is 0 Å². The van der Waals surface area contributed by atoms with Gasteiger partial charge in [-0.3, -0.25) is 4.79 Å². The van der Waals surface area contributed by atoms with E-state index >= 15 is 0 Å². The first-order valence-electron chi connectivity index (χ1n) is 28.5. The first-order valence-corrected chi connectivity index (χ1v) is 28.5. The number of nitrogens with one attached hydrogen (secondary N) is 1. The highest BCUT2D eigenvalue weighted by Gasteiger charge is 2.51. The highest BCUT2D eigenvalue weighted by atomic mass is 16.7. The van der Waals surface area contributed by atoms with Gasteiger partial charge in [-0.2, -0.15) is 0 Å². The normalized spacial score (nSPS) is 26.0. The summed E-state index contributed by atoms with van der Waals surface area (Å²) in [5, 5.41) is 86.9. The van der Waals surface area contributed by atoms with Gasteiger partial charge in [0.25, 0.3) is 0 Å². The van der Waals surface area contributed by atoms with Crippen LogP contribution in [0, 0.1) is 0 Å². The maximum Gasteiger partial charge on any atom is 0.220 e. The van der Waals surface area contributed by atoms with Gasteiger partial charge < -0.3 is 65.1 Å². The Labute approximate surface area is 435 Å². The van der Waals surface area contributed by atoms with Gasteiger partial charge in [0, 0.05) is 6.42 Å². The Morgan fingerprint density at radius 2 is 0.931 bits per heavy atom. The largest absolute Gasteiger partial charge is 0.394 e. The third-order valence-corrected chi connectivity index (χ3v) is 13.7. The molecule has 0 aromatic carbocycles. The van der Waals surface area contributed by atoms with Crippen LogP contribution in [0.4, 0.5) is 0 Å². The monoisotopic (exact) mass is 1020 g/mol. The fourth-order valence-corrected chi connectivity index (χ4v) is 9.00. The molecule has 0 saturated carbocycles. The van der Waals surface area contributed by atoms with Crippen molar-refractivity contribution < 1.29 is 64.6 Å². The summed E-state index contributed by atoms with van der Waals surface area (Å²) in [6.45, 7) is 2.74. The number of carbonyl (C=O) groups excluding carboxylic acids is 1. The summed E-state index contributed by atoms with van der Waals surface area (Å²) in [6, 6.07) is -0.947. The van der Waals surface area contributed by atoms with Gasteiger partial charge in [0.05, 0.1) is 32.0 Å². The average Bonchev–Trinajstić information content (AvgIpc) is 3.38. The minimum Gasteiger partial charge on any atom is -0.394 e. The highest BCUT2D eigenvalue weighted by Crippen LogP contribution is 2.30. The minimum absolute atomic E-state index is 0.252. The molecule has 14 nitrogen and oxygen atoms in total. The number of ether oxygens (including phenoxy) is 4. The lowest BCUT2D eigenvalue weighted by molar-refractivity contribution is -0.359. The molecule has 72 heavy (non-hydrogen) atoms. The number of amides is 1. The SMILES string of the molecule is CCCCCC/C=C\C/C=C\CCCCCCCC(=O)NC(COC1OC(CO)C(OC2OC(CO)C(O)C(O)C2O)C(O)C1O)C(O)/C=C/CC/C=C/CC/C=C/CCCCCCCCCCCCCC. The van der Waals surface area contributed by atoms with Crippen LogP contribution in [0.25, 0.3) is 0 Å². The van der Waals surface area contributed by atoms with Crippen LogP contribution in [0.2, 0.25) is 0 Å². The summed E-state index contributed by atoms with van der Waals surface area (Å²) in [7, 11) is 0. The summed E-state index contributed by atoms with van der Waals surface area (Å²) in [5.74, 6) is -0.269. The predicted octanol–water partition coefficient (Wildman–Crippen LogP) is 9.00. The van der Waals surface area contributed by atoms with E-state index in [1.54, 1.807) is 6.08 Å². The second-order valence-corrected chi connectivity index (χ2v) is 20.0. The molecule has 0 radical (unpaired) electrons. The molecule has 2 fully saturated rings. The van der Waals surface area contributed by atoms with Crippen molar-refractivity contribution in [1.82, 2.24) is 5.32 Å². The van der Waals surface area contributed by atoms with Crippen LogP contribution >= 0.6 is 0 Å². The lowest BCUT2D eigenvalue weighted by atomic mass is 9.97. The fraction of sp³-hybridized carbons (Fsp3) is 0.810. The molecule has 0 aromatic rings. The number of hydrogen-bond donors (Lipinski definition) is 9. The number of aliphatic hydroxyl groups is 8. The number of rotatable bonds is 44. The first-order chi connectivity index (χ1) is 35.1. The summed E-state index contributed by atoms with van der Waals surface area (Å²) in [6.07, 6.45) is 38.3. The van der Waals surface area contributed by atoms with E-state index < -0.39 is 86.8 Å². The van der Waals surface area contributed by atoms with E-state index in [4.69, 9.17) is 18.9 Å². The molecular formula is C58H103NO13. The van der Waals surface area contributed by atoms with Crippen LogP contribution in [-0.4, -0.2) is 140 Å². The van der Waals surface area contributed by atoms with Gasteiger partial charge in [0.2, 0.25) is 5.91 Å². The summed E-state index contributed by atoms with van der Waals surface area (Å²) >= 11 is 0. The average molecular weight is 1020 g/mol.